The lowest BCUT2D eigenvalue weighted by atomic mass is 10.1. The molecule has 0 atom stereocenters. The van der Waals surface area contributed by atoms with E-state index in [1.54, 1.807) is 4.90 Å². The summed E-state index contributed by atoms with van der Waals surface area (Å²) < 4.78 is 0. The summed E-state index contributed by atoms with van der Waals surface area (Å²) in [5, 5.41) is 0.519. The molecule has 4 rings (SSSR count). The fourth-order valence-corrected chi connectivity index (χ4v) is 4.15. The lowest BCUT2D eigenvalue weighted by Gasteiger charge is -2.29. The van der Waals surface area contributed by atoms with Gasteiger partial charge in [0.15, 0.2) is 5.11 Å². The van der Waals surface area contributed by atoms with Gasteiger partial charge in [-0.25, -0.2) is 0 Å². The number of benzene rings is 2. The molecule has 2 aromatic carbocycles. The largest absolute Gasteiger partial charge is 0.341 e. The van der Waals surface area contributed by atoms with Crippen molar-refractivity contribution in [2.24, 2.45) is 0 Å². The van der Waals surface area contributed by atoms with Crippen LogP contribution in [-0.2, 0) is 4.79 Å². The summed E-state index contributed by atoms with van der Waals surface area (Å²) >= 11 is 5.61. The van der Waals surface area contributed by atoms with Crippen molar-refractivity contribution >= 4 is 40.7 Å². The zero-order valence-electron chi connectivity index (χ0n) is 16.6. The number of amides is 1. The number of carbonyl (C=O) groups excluding carboxylic acids is 1. The summed E-state index contributed by atoms with van der Waals surface area (Å²) in [6.07, 6.45) is 8.08. The third-order valence-electron chi connectivity index (χ3n) is 5.16. The molecular formula is C24H23N3OS. The molecule has 0 unspecified atom stereocenters. The number of hydrogen-bond acceptors (Lipinski definition) is 3. The molecule has 1 fully saturated rings. The molecule has 0 aromatic heterocycles. The van der Waals surface area contributed by atoms with Crippen LogP contribution in [0.2, 0.25) is 0 Å². The maximum Gasteiger partial charge on any atom is 0.277 e. The van der Waals surface area contributed by atoms with Crippen molar-refractivity contribution in [1.29, 1.82) is 0 Å². The first-order valence-corrected chi connectivity index (χ1v) is 10.2. The molecule has 1 amide bonds. The van der Waals surface area contributed by atoms with E-state index in [9.17, 15) is 4.79 Å². The smallest absolute Gasteiger partial charge is 0.277 e. The van der Waals surface area contributed by atoms with Crippen LogP contribution in [-0.4, -0.2) is 29.0 Å². The number of likely N-dealkylation sites (N-methyl/N-ethyl adjacent to an activating group) is 2. The lowest BCUT2D eigenvalue weighted by molar-refractivity contribution is -0.122. The van der Waals surface area contributed by atoms with E-state index < -0.39 is 0 Å². The van der Waals surface area contributed by atoms with Gasteiger partial charge in [-0.3, -0.25) is 14.6 Å². The van der Waals surface area contributed by atoms with Crippen LogP contribution in [0.15, 0.2) is 84.2 Å². The fraction of sp³-hybridized carbons (Fsp3) is 0.167. The van der Waals surface area contributed by atoms with E-state index in [1.165, 1.54) is 11.3 Å². The molecule has 2 heterocycles. The topological polar surface area (TPSA) is 26.8 Å². The van der Waals surface area contributed by atoms with Crippen molar-refractivity contribution < 1.29 is 4.79 Å². The Morgan fingerprint density at radius 2 is 1.55 bits per heavy atom. The average molecular weight is 402 g/mol. The summed E-state index contributed by atoms with van der Waals surface area (Å²) in [4.78, 5) is 18.8. The normalized spacial score (nSPS) is 18.9. The van der Waals surface area contributed by atoms with E-state index in [0.717, 1.165) is 17.9 Å². The number of fused-ring (bicyclic) bond motifs is 1. The van der Waals surface area contributed by atoms with Crippen LogP contribution in [0.5, 0.6) is 0 Å². The van der Waals surface area contributed by atoms with Gasteiger partial charge in [0.2, 0.25) is 0 Å². The Morgan fingerprint density at radius 1 is 0.862 bits per heavy atom. The molecule has 0 saturated carbocycles. The molecule has 0 aliphatic carbocycles. The van der Waals surface area contributed by atoms with Crippen LogP contribution in [0, 0.1) is 0 Å². The molecule has 5 heteroatoms. The Kier molecular flexibility index (Phi) is 5.32. The van der Waals surface area contributed by atoms with Crippen LogP contribution in [0.4, 0.5) is 11.4 Å². The number of allylic oxidation sites excluding steroid dienone is 3. The van der Waals surface area contributed by atoms with Gasteiger partial charge in [-0.2, -0.15) is 0 Å². The minimum Gasteiger partial charge on any atom is -0.341 e. The molecule has 0 N–H and O–H groups in total. The zero-order chi connectivity index (χ0) is 20.4. The molecule has 0 spiro atoms. The summed E-state index contributed by atoms with van der Waals surface area (Å²) in [6, 6.07) is 18.1. The third-order valence-corrected chi connectivity index (χ3v) is 5.56. The highest BCUT2D eigenvalue weighted by molar-refractivity contribution is 7.80. The van der Waals surface area contributed by atoms with Gasteiger partial charge in [-0.1, -0.05) is 42.5 Å². The van der Waals surface area contributed by atoms with Gasteiger partial charge in [0.25, 0.3) is 5.91 Å². The average Bonchev–Trinajstić information content (AvgIpc) is 3.01. The number of carbonyl (C=O) groups is 1. The van der Waals surface area contributed by atoms with Crippen LogP contribution in [0.1, 0.15) is 19.4 Å². The molecule has 1 saturated heterocycles. The van der Waals surface area contributed by atoms with Crippen LogP contribution >= 0.6 is 12.2 Å². The number of nitrogens with zero attached hydrogens (tertiary/aromatic N) is 3. The second kappa shape index (κ2) is 8.05. The summed E-state index contributed by atoms with van der Waals surface area (Å²) in [7, 11) is 0. The molecule has 29 heavy (non-hydrogen) atoms. The van der Waals surface area contributed by atoms with E-state index in [0.29, 0.717) is 17.4 Å². The fourth-order valence-electron chi connectivity index (χ4n) is 3.74. The Hall–Kier alpha value is -3.18. The van der Waals surface area contributed by atoms with Gasteiger partial charge >= 0.3 is 0 Å². The number of hydrogen-bond donors (Lipinski definition) is 0. The van der Waals surface area contributed by atoms with E-state index in [4.69, 9.17) is 12.2 Å². The number of anilines is 2. The predicted molar refractivity (Wildman–Crippen MR) is 124 cm³/mol. The first-order valence-electron chi connectivity index (χ1n) is 9.83. The van der Waals surface area contributed by atoms with Crippen molar-refractivity contribution in [2.45, 2.75) is 13.8 Å². The van der Waals surface area contributed by atoms with Gasteiger partial charge in [-0.15, -0.1) is 0 Å². The van der Waals surface area contributed by atoms with E-state index in [-0.39, 0.29) is 5.91 Å². The van der Waals surface area contributed by atoms with Gasteiger partial charge in [0.05, 0.1) is 0 Å². The predicted octanol–water partition coefficient (Wildman–Crippen LogP) is 4.96. The Morgan fingerprint density at radius 3 is 2.28 bits per heavy atom. The van der Waals surface area contributed by atoms with Crippen molar-refractivity contribution in [3.05, 3.63) is 89.8 Å². The lowest BCUT2D eigenvalue weighted by Crippen LogP contribution is -2.32. The van der Waals surface area contributed by atoms with Crippen LogP contribution in [0.25, 0.3) is 6.08 Å². The summed E-state index contributed by atoms with van der Waals surface area (Å²) in [5.74, 6) is -0.0681. The van der Waals surface area contributed by atoms with Crippen molar-refractivity contribution in [3.63, 3.8) is 0 Å². The van der Waals surface area contributed by atoms with E-state index >= 15 is 0 Å². The minimum atomic E-state index is -0.0681. The van der Waals surface area contributed by atoms with Crippen molar-refractivity contribution in [1.82, 2.24) is 4.90 Å². The monoisotopic (exact) mass is 401 g/mol. The standard InChI is InChI=1S/C24H23N3OS/c1-3-25-19(15-14-18-10-8-9-13-21(18)25)16-17-22-23(28)26(4-2)24(29)27(22)20-11-6-5-7-12-20/h5-17H,3-4H2,1-2H3. The second-order valence-corrected chi connectivity index (χ2v) is 7.15. The Bertz CT molecular complexity index is 1040. The van der Waals surface area contributed by atoms with Crippen molar-refractivity contribution in [2.75, 3.05) is 22.9 Å². The number of thiocarbonyl (C=S) groups is 1. The van der Waals surface area contributed by atoms with Crippen LogP contribution in [0.3, 0.4) is 0 Å². The molecule has 146 valence electrons. The Labute approximate surface area is 177 Å². The third kappa shape index (κ3) is 3.38. The second-order valence-electron chi connectivity index (χ2n) is 6.78. The molecular weight excluding hydrogens is 378 g/mol. The van der Waals surface area contributed by atoms with Gasteiger partial charge < -0.3 is 4.90 Å². The van der Waals surface area contributed by atoms with E-state index in [2.05, 4.69) is 36.1 Å². The summed E-state index contributed by atoms with van der Waals surface area (Å²) in [5.41, 5.74) is 4.87. The van der Waals surface area contributed by atoms with Gasteiger partial charge in [0, 0.05) is 30.2 Å². The molecule has 2 aliphatic rings. The van der Waals surface area contributed by atoms with Crippen LogP contribution < -0.4 is 9.80 Å². The zero-order valence-corrected chi connectivity index (χ0v) is 17.4. The molecule has 2 aliphatic heterocycles. The SMILES string of the molecule is CCN1C(=O)C(=CC=C2C=Cc3ccccc3N2CC)N(c2ccccc2)C1=S. The maximum atomic E-state index is 13.0. The van der Waals surface area contributed by atoms with E-state index in [1.807, 2.05) is 66.4 Å². The number of para-hydroxylation sites is 2. The molecule has 4 nitrogen and oxygen atoms in total. The Balaban J connectivity index is 1.76. The first kappa shape index (κ1) is 19.2. The quantitative estimate of drug-likeness (QED) is 0.534. The summed E-state index contributed by atoms with van der Waals surface area (Å²) in [6.45, 7) is 5.45. The highest BCUT2D eigenvalue weighted by Gasteiger charge is 2.37. The van der Waals surface area contributed by atoms with Crippen molar-refractivity contribution in [3.8, 4) is 0 Å². The molecule has 2 aromatic rings. The highest BCUT2D eigenvalue weighted by Crippen LogP contribution is 2.32. The minimum absolute atomic E-state index is 0.0681. The maximum absolute atomic E-state index is 13.0. The molecule has 0 bridgehead atoms. The molecule has 0 radical (unpaired) electrons. The number of rotatable bonds is 4. The highest BCUT2D eigenvalue weighted by atomic mass is 32.1. The van der Waals surface area contributed by atoms with Gasteiger partial charge in [-0.05, 0) is 68.1 Å². The van der Waals surface area contributed by atoms with Gasteiger partial charge in [0.1, 0.15) is 5.70 Å². The first-order chi connectivity index (χ1) is 14.2.